The van der Waals surface area contributed by atoms with Crippen LogP contribution in [0.2, 0.25) is 0 Å². The highest BCUT2D eigenvalue weighted by atomic mass is 32.2. The van der Waals surface area contributed by atoms with Crippen molar-refractivity contribution in [1.82, 2.24) is 4.98 Å². The second-order valence-corrected chi connectivity index (χ2v) is 7.29. The van der Waals surface area contributed by atoms with E-state index >= 15 is 0 Å². The molecule has 0 atom stereocenters. The average molecular weight is 404 g/mol. The SMILES string of the molecule is CCCc1c(OCCCSc2ccc(C(=O)OC)cn2)ccc(C(C)=O)c1O. The first kappa shape index (κ1) is 21.8. The van der Waals surface area contributed by atoms with E-state index in [9.17, 15) is 14.7 Å². The first-order valence-corrected chi connectivity index (χ1v) is 10.1. The zero-order chi connectivity index (χ0) is 20.5. The summed E-state index contributed by atoms with van der Waals surface area (Å²) in [6, 6.07) is 6.83. The largest absolute Gasteiger partial charge is 0.507 e. The van der Waals surface area contributed by atoms with Crippen molar-refractivity contribution in [3.05, 3.63) is 47.2 Å². The van der Waals surface area contributed by atoms with Crippen LogP contribution in [0.1, 0.15) is 53.0 Å². The van der Waals surface area contributed by atoms with Crippen molar-refractivity contribution in [2.75, 3.05) is 19.5 Å². The van der Waals surface area contributed by atoms with E-state index in [1.54, 1.807) is 36.0 Å². The van der Waals surface area contributed by atoms with E-state index in [2.05, 4.69) is 9.72 Å². The third-order valence-corrected chi connectivity index (χ3v) is 5.10. The lowest BCUT2D eigenvalue weighted by molar-refractivity contribution is 0.0600. The predicted octanol–water partition coefficient (Wildman–Crippen LogP) is 4.29. The molecule has 1 N–H and O–H groups in total. The van der Waals surface area contributed by atoms with Gasteiger partial charge in [-0.15, -0.1) is 11.8 Å². The number of benzene rings is 1. The van der Waals surface area contributed by atoms with Gasteiger partial charge in [0.05, 0.1) is 29.9 Å². The van der Waals surface area contributed by atoms with Crippen LogP contribution in [0.3, 0.4) is 0 Å². The van der Waals surface area contributed by atoms with Crippen molar-refractivity contribution in [3.63, 3.8) is 0 Å². The first-order valence-electron chi connectivity index (χ1n) is 9.13. The second kappa shape index (κ2) is 10.7. The molecule has 0 spiro atoms. The van der Waals surface area contributed by atoms with Crippen LogP contribution in [0.5, 0.6) is 11.5 Å². The number of aromatic hydroxyl groups is 1. The Labute approximate surface area is 169 Å². The molecule has 1 aromatic carbocycles. The Hall–Kier alpha value is -2.54. The molecule has 0 fully saturated rings. The van der Waals surface area contributed by atoms with Gasteiger partial charge in [0.25, 0.3) is 0 Å². The summed E-state index contributed by atoms with van der Waals surface area (Å²) in [5.41, 5.74) is 1.43. The van der Waals surface area contributed by atoms with E-state index in [0.29, 0.717) is 35.5 Å². The topological polar surface area (TPSA) is 85.7 Å². The minimum Gasteiger partial charge on any atom is -0.507 e. The summed E-state index contributed by atoms with van der Waals surface area (Å²) in [4.78, 5) is 27.2. The number of carbonyl (C=O) groups excluding carboxylic acids is 2. The Morgan fingerprint density at radius 2 is 2.00 bits per heavy atom. The van der Waals surface area contributed by atoms with Gasteiger partial charge in [-0.2, -0.15) is 0 Å². The Bertz CT molecular complexity index is 820. The quantitative estimate of drug-likeness (QED) is 0.274. The highest BCUT2D eigenvalue weighted by molar-refractivity contribution is 7.99. The van der Waals surface area contributed by atoms with Crippen LogP contribution < -0.4 is 4.74 Å². The number of Topliss-reactive ketones (excluding diaryl/α,β-unsaturated/α-hetero) is 1. The molecule has 6 nitrogen and oxygen atoms in total. The van der Waals surface area contributed by atoms with Gasteiger partial charge in [0.2, 0.25) is 0 Å². The van der Waals surface area contributed by atoms with Crippen LogP contribution in [0.15, 0.2) is 35.5 Å². The van der Waals surface area contributed by atoms with Crippen LogP contribution in [-0.2, 0) is 11.2 Å². The Morgan fingerprint density at radius 1 is 1.21 bits per heavy atom. The smallest absolute Gasteiger partial charge is 0.339 e. The number of hydrogen-bond donors (Lipinski definition) is 1. The minimum atomic E-state index is -0.403. The lowest BCUT2D eigenvalue weighted by Crippen LogP contribution is -2.04. The van der Waals surface area contributed by atoms with E-state index in [-0.39, 0.29) is 11.5 Å². The van der Waals surface area contributed by atoms with Gasteiger partial charge in [0.15, 0.2) is 5.78 Å². The van der Waals surface area contributed by atoms with Crippen LogP contribution in [0.4, 0.5) is 0 Å². The van der Waals surface area contributed by atoms with Gasteiger partial charge >= 0.3 is 5.97 Å². The lowest BCUT2D eigenvalue weighted by Gasteiger charge is -2.14. The summed E-state index contributed by atoms with van der Waals surface area (Å²) >= 11 is 1.57. The van der Waals surface area contributed by atoms with Crippen molar-refractivity contribution in [2.24, 2.45) is 0 Å². The fourth-order valence-corrected chi connectivity index (χ4v) is 3.41. The van der Waals surface area contributed by atoms with E-state index in [4.69, 9.17) is 4.74 Å². The van der Waals surface area contributed by atoms with Gasteiger partial charge in [-0.1, -0.05) is 13.3 Å². The molecule has 0 saturated heterocycles. The van der Waals surface area contributed by atoms with Crippen molar-refractivity contribution in [3.8, 4) is 11.5 Å². The number of pyridine rings is 1. The number of rotatable bonds is 10. The number of thioether (sulfide) groups is 1. The number of phenolic OH excluding ortho intramolecular Hbond substituents is 1. The molecule has 1 aromatic heterocycles. The number of aromatic nitrogens is 1. The van der Waals surface area contributed by atoms with Crippen molar-refractivity contribution >= 4 is 23.5 Å². The van der Waals surface area contributed by atoms with Gasteiger partial charge < -0.3 is 14.6 Å². The number of carbonyl (C=O) groups is 2. The molecule has 2 rings (SSSR count). The van der Waals surface area contributed by atoms with Crippen molar-refractivity contribution in [2.45, 2.75) is 38.1 Å². The van der Waals surface area contributed by atoms with Gasteiger partial charge in [0.1, 0.15) is 11.5 Å². The molecule has 0 aliphatic rings. The molecule has 1 heterocycles. The zero-order valence-corrected chi connectivity index (χ0v) is 17.2. The fourth-order valence-electron chi connectivity index (χ4n) is 2.65. The molecule has 0 aliphatic carbocycles. The molecule has 150 valence electrons. The monoisotopic (exact) mass is 403 g/mol. The molecule has 0 aliphatic heterocycles. The van der Waals surface area contributed by atoms with Gasteiger partial charge in [-0.3, -0.25) is 4.79 Å². The third kappa shape index (κ3) is 5.73. The molecule has 0 saturated carbocycles. The lowest BCUT2D eigenvalue weighted by atomic mass is 10.0. The minimum absolute atomic E-state index is 0.0242. The summed E-state index contributed by atoms with van der Waals surface area (Å²) < 4.78 is 10.5. The molecular formula is C21H25NO5S. The number of ether oxygens (including phenoxy) is 2. The number of methoxy groups -OCH3 is 1. The van der Waals surface area contributed by atoms with Crippen LogP contribution >= 0.6 is 11.8 Å². The predicted molar refractivity (Wildman–Crippen MR) is 109 cm³/mol. The van der Waals surface area contributed by atoms with Crippen molar-refractivity contribution in [1.29, 1.82) is 0 Å². The number of ketones is 1. The molecule has 0 radical (unpaired) electrons. The van der Waals surface area contributed by atoms with E-state index in [1.807, 2.05) is 6.92 Å². The second-order valence-electron chi connectivity index (χ2n) is 6.17. The summed E-state index contributed by atoms with van der Waals surface area (Å²) in [6.45, 7) is 3.94. The standard InChI is InChI=1S/C21H25NO5S/c1-4-6-17-18(9-8-16(14(2)23)20(17)24)27-11-5-12-28-19-10-7-15(13-22-19)21(25)26-3/h7-10,13,24H,4-6,11-12H2,1-3H3. The van der Waals surface area contributed by atoms with E-state index < -0.39 is 5.97 Å². The van der Waals surface area contributed by atoms with Gasteiger partial charge in [0, 0.05) is 17.5 Å². The molecule has 0 amide bonds. The maximum Gasteiger partial charge on any atom is 0.339 e. The number of phenols is 1. The molecule has 2 aromatic rings. The van der Waals surface area contributed by atoms with Crippen molar-refractivity contribution < 1.29 is 24.2 Å². The summed E-state index contributed by atoms with van der Waals surface area (Å²) in [7, 11) is 1.34. The molecule has 28 heavy (non-hydrogen) atoms. The number of esters is 1. The van der Waals surface area contributed by atoms with E-state index in [1.165, 1.54) is 20.2 Å². The van der Waals surface area contributed by atoms with Gasteiger partial charge in [-0.05, 0) is 44.0 Å². The fraction of sp³-hybridized carbons (Fsp3) is 0.381. The summed E-state index contributed by atoms with van der Waals surface area (Å²) in [5.74, 6) is 0.875. The molecular weight excluding hydrogens is 378 g/mol. The summed E-state index contributed by atoms with van der Waals surface area (Å²) in [6.07, 6.45) is 3.77. The van der Waals surface area contributed by atoms with E-state index in [0.717, 1.165) is 23.6 Å². The normalized spacial score (nSPS) is 10.5. The highest BCUT2D eigenvalue weighted by Gasteiger charge is 2.15. The highest BCUT2D eigenvalue weighted by Crippen LogP contribution is 2.33. The zero-order valence-electron chi connectivity index (χ0n) is 16.4. The maximum absolute atomic E-state index is 11.6. The van der Waals surface area contributed by atoms with Gasteiger partial charge in [-0.25, -0.2) is 9.78 Å². The number of nitrogens with zero attached hydrogens (tertiary/aromatic N) is 1. The Balaban J connectivity index is 1.87. The third-order valence-electron chi connectivity index (χ3n) is 4.07. The average Bonchev–Trinajstić information content (AvgIpc) is 2.69. The van der Waals surface area contributed by atoms with Crippen LogP contribution in [0, 0.1) is 0 Å². The molecule has 0 unspecified atom stereocenters. The number of hydrogen-bond acceptors (Lipinski definition) is 7. The van der Waals surface area contributed by atoms with Crippen LogP contribution in [-0.4, -0.2) is 41.3 Å². The first-order chi connectivity index (χ1) is 13.5. The molecule has 7 heteroatoms. The summed E-state index contributed by atoms with van der Waals surface area (Å²) in [5, 5.41) is 11.2. The van der Waals surface area contributed by atoms with Crippen LogP contribution in [0.25, 0.3) is 0 Å². The Kier molecular flexibility index (Phi) is 8.32. The molecule has 0 bridgehead atoms. The Morgan fingerprint density at radius 3 is 2.61 bits per heavy atom. The maximum atomic E-state index is 11.6.